The fourth-order valence-corrected chi connectivity index (χ4v) is 2.13. The third kappa shape index (κ3) is 3.43. The lowest BCUT2D eigenvalue weighted by molar-refractivity contribution is -0.0499. The molecule has 0 saturated heterocycles. The van der Waals surface area contributed by atoms with Gasteiger partial charge in [-0.2, -0.15) is 8.78 Å². The zero-order chi connectivity index (χ0) is 14.0. The van der Waals surface area contributed by atoms with Gasteiger partial charge >= 0.3 is 6.61 Å². The fraction of sp³-hybridized carbons (Fsp3) is 0.500. The number of carbonyl (C=O) groups excluding carboxylic acids is 1. The number of benzene rings is 1. The van der Waals surface area contributed by atoms with Gasteiger partial charge in [0.25, 0.3) is 5.91 Å². The number of hydrogen-bond acceptors (Lipinski definition) is 2. The zero-order valence-electron chi connectivity index (χ0n) is 11.0. The number of hydrogen-bond donors (Lipinski definition) is 0. The molecule has 5 heteroatoms. The summed E-state index contributed by atoms with van der Waals surface area (Å²) in [6.07, 6.45) is 2.02. The highest BCUT2D eigenvalue weighted by molar-refractivity contribution is 5.95. The Kier molecular flexibility index (Phi) is 4.02. The first-order chi connectivity index (χ1) is 8.99. The van der Waals surface area contributed by atoms with E-state index in [0.717, 1.165) is 12.8 Å². The van der Waals surface area contributed by atoms with Crippen molar-refractivity contribution in [3.05, 3.63) is 29.8 Å². The highest BCUT2D eigenvalue weighted by Crippen LogP contribution is 2.30. The summed E-state index contributed by atoms with van der Waals surface area (Å²) in [7, 11) is 0. The minimum Gasteiger partial charge on any atom is -0.435 e. The predicted molar refractivity (Wildman–Crippen MR) is 67.4 cm³/mol. The van der Waals surface area contributed by atoms with E-state index in [9.17, 15) is 13.6 Å². The van der Waals surface area contributed by atoms with Crippen molar-refractivity contribution in [1.29, 1.82) is 0 Å². The third-order valence-corrected chi connectivity index (χ3v) is 3.04. The van der Waals surface area contributed by atoms with E-state index >= 15 is 0 Å². The number of carbonyl (C=O) groups is 1. The van der Waals surface area contributed by atoms with Crippen LogP contribution in [0.2, 0.25) is 0 Å². The smallest absolute Gasteiger partial charge is 0.387 e. The summed E-state index contributed by atoms with van der Waals surface area (Å²) < 4.78 is 28.6. The van der Waals surface area contributed by atoms with Gasteiger partial charge in [-0.15, -0.1) is 0 Å². The topological polar surface area (TPSA) is 29.5 Å². The minimum atomic E-state index is -2.88. The molecule has 1 aromatic rings. The molecule has 2 rings (SSSR count). The van der Waals surface area contributed by atoms with Crippen LogP contribution in [0.15, 0.2) is 24.3 Å². The molecule has 1 saturated carbocycles. The standard InChI is InChI=1S/C14H17F2NO2/c1-9(2)17(11-6-7-11)13(18)10-4-3-5-12(8-10)19-14(15)16/h3-5,8-9,11,14H,6-7H2,1-2H3. The molecule has 1 aromatic carbocycles. The van der Waals surface area contributed by atoms with Gasteiger partial charge in [-0.3, -0.25) is 4.79 Å². The van der Waals surface area contributed by atoms with Gasteiger partial charge in [0.2, 0.25) is 0 Å². The van der Waals surface area contributed by atoms with Crippen molar-refractivity contribution >= 4 is 5.91 Å². The summed E-state index contributed by atoms with van der Waals surface area (Å²) in [6, 6.07) is 6.34. The van der Waals surface area contributed by atoms with Crippen LogP contribution in [0, 0.1) is 0 Å². The average Bonchev–Trinajstić information content (AvgIpc) is 3.12. The monoisotopic (exact) mass is 269 g/mol. The van der Waals surface area contributed by atoms with Gasteiger partial charge in [0.05, 0.1) is 0 Å². The zero-order valence-corrected chi connectivity index (χ0v) is 11.0. The van der Waals surface area contributed by atoms with Crippen molar-refractivity contribution < 1.29 is 18.3 Å². The van der Waals surface area contributed by atoms with Crippen molar-refractivity contribution in [3.8, 4) is 5.75 Å². The fourth-order valence-electron chi connectivity index (χ4n) is 2.13. The van der Waals surface area contributed by atoms with Crippen molar-refractivity contribution in [2.45, 2.75) is 45.4 Å². The van der Waals surface area contributed by atoms with Gasteiger partial charge in [0, 0.05) is 17.6 Å². The van der Waals surface area contributed by atoms with E-state index in [4.69, 9.17) is 0 Å². The Balaban J connectivity index is 2.17. The second-order valence-corrected chi connectivity index (χ2v) is 4.94. The maximum absolute atomic E-state index is 12.4. The van der Waals surface area contributed by atoms with Crippen LogP contribution in [0.25, 0.3) is 0 Å². The van der Waals surface area contributed by atoms with Gasteiger partial charge in [-0.1, -0.05) is 6.07 Å². The molecular weight excluding hydrogens is 252 g/mol. The lowest BCUT2D eigenvalue weighted by atomic mass is 10.1. The second-order valence-electron chi connectivity index (χ2n) is 4.94. The molecule has 1 aliphatic carbocycles. The molecule has 0 spiro atoms. The summed E-state index contributed by atoms with van der Waals surface area (Å²) in [5.74, 6) is -0.113. The van der Waals surface area contributed by atoms with E-state index < -0.39 is 6.61 Å². The number of nitrogens with zero attached hydrogens (tertiary/aromatic N) is 1. The van der Waals surface area contributed by atoms with Crippen molar-refractivity contribution in [1.82, 2.24) is 4.90 Å². The van der Waals surface area contributed by atoms with Crippen LogP contribution in [0.4, 0.5) is 8.78 Å². The summed E-state index contributed by atoms with van der Waals surface area (Å²) in [5, 5.41) is 0. The summed E-state index contributed by atoms with van der Waals surface area (Å²) in [4.78, 5) is 14.2. The maximum Gasteiger partial charge on any atom is 0.387 e. The van der Waals surface area contributed by atoms with Crippen LogP contribution >= 0.6 is 0 Å². The molecular formula is C14H17F2NO2. The van der Waals surface area contributed by atoms with E-state index in [1.807, 2.05) is 18.7 Å². The number of alkyl halides is 2. The van der Waals surface area contributed by atoms with Gasteiger partial charge in [-0.05, 0) is 44.9 Å². The largest absolute Gasteiger partial charge is 0.435 e. The highest BCUT2D eigenvalue weighted by Gasteiger charge is 2.34. The molecule has 0 N–H and O–H groups in total. The molecule has 1 amide bonds. The quantitative estimate of drug-likeness (QED) is 0.820. The Hall–Kier alpha value is -1.65. The highest BCUT2D eigenvalue weighted by atomic mass is 19.3. The van der Waals surface area contributed by atoms with Crippen LogP contribution in [0.5, 0.6) is 5.75 Å². The molecule has 0 aromatic heterocycles. The van der Waals surface area contributed by atoms with Crippen molar-refractivity contribution in [2.75, 3.05) is 0 Å². The van der Waals surface area contributed by atoms with E-state index in [0.29, 0.717) is 5.56 Å². The second kappa shape index (κ2) is 5.55. The Bertz CT molecular complexity index is 457. The summed E-state index contributed by atoms with van der Waals surface area (Å²) in [5.41, 5.74) is 0.388. The van der Waals surface area contributed by atoms with E-state index in [2.05, 4.69) is 4.74 Å². The Morgan fingerprint density at radius 3 is 2.58 bits per heavy atom. The Morgan fingerprint density at radius 1 is 1.37 bits per heavy atom. The Labute approximate surface area is 111 Å². The van der Waals surface area contributed by atoms with Gasteiger partial charge in [0.15, 0.2) is 0 Å². The first kappa shape index (κ1) is 13.8. The third-order valence-electron chi connectivity index (χ3n) is 3.04. The van der Waals surface area contributed by atoms with Crippen molar-refractivity contribution in [2.24, 2.45) is 0 Å². The average molecular weight is 269 g/mol. The molecule has 0 aliphatic heterocycles. The molecule has 104 valence electrons. The lowest BCUT2D eigenvalue weighted by Gasteiger charge is -2.26. The molecule has 0 radical (unpaired) electrons. The lowest BCUT2D eigenvalue weighted by Crippen LogP contribution is -2.38. The van der Waals surface area contributed by atoms with Gasteiger partial charge in [-0.25, -0.2) is 0 Å². The molecule has 0 atom stereocenters. The molecule has 1 fully saturated rings. The molecule has 19 heavy (non-hydrogen) atoms. The molecule has 0 heterocycles. The van der Waals surface area contributed by atoms with E-state index in [1.54, 1.807) is 12.1 Å². The van der Waals surface area contributed by atoms with E-state index in [-0.39, 0.29) is 23.7 Å². The summed E-state index contributed by atoms with van der Waals surface area (Å²) in [6.45, 7) is 1.03. The minimum absolute atomic E-state index is 0.0142. The molecule has 3 nitrogen and oxygen atoms in total. The summed E-state index contributed by atoms with van der Waals surface area (Å²) >= 11 is 0. The van der Waals surface area contributed by atoms with Crippen molar-refractivity contribution in [3.63, 3.8) is 0 Å². The molecule has 1 aliphatic rings. The van der Waals surface area contributed by atoms with Crippen LogP contribution in [-0.2, 0) is 0 Å². The van der Waals surface area contributed by atoms with Gasteiger partial charge in [0.1, 0.15) is 5.75 Å². The molecule has 0 bridgehead atoms. The molecule has 0 unspecified atom stereocenters. The van der Waals surface area contributed by atoms with Crippen LogP contribution < -0.4 is 4.74 Å². The van der Waals surface area contributed by atoms with Crippen LogP contribution in [-0.4, -0.2) is 29.5 Å². The van der Waals surface area contributed by atoms with Gasteiger partial charge < -0.3 is 9.64 Å². The van der Waals surface area contributed by atoms with Crippen LogP contribution in [0.1, 0.15) is 37.0 Å². The number of ether oxygens (including phenoxy) is 1. The number of amides is 1. The number of halogens is 2. The normalized spacial score (nSPS) is 14.8. The van der Waals surface area contributed by atoms with E-state index in [1.165, 1.54) is 12.1 Å². The SMILES string of the molecule is CC(C)N(C(=O)c1cccc(OC(F)F)c1)C1CC1. The first-order valence-corrected chi connectivity index (χ1v) is 6.36. The number of rotatable bonds is 5. The predicted octanol–water partition coefficient (Wildman–Crippen LogP) is 3.30. The maximum atomic E-state index is 12.4. The first-order valence-electron chi connectivity index (χ1n) is 6.36. The van der Waals surface area contributed by atoms with Crippen LogP contribution in [0.3, 0.4) is 0 Å². The Morgan fingerprint density at radius 2 is 2.05 bits per heavy atom.